The van der Waals surface area contributed by atoms with Gasteiger partial charge >= 0.3 is 0 Å². The van der Waals surface area contributed by atoms with Crippen molar-refractivity contribution < 1.29 is 14.3 Å². The summed E-state index contributed by atoms with van der Waals surface area (Å²) in [7, 11) is 1.58. The zero-order valence-corrected chi connectivity index (χ0v) is 11.9. The quantitative estimate of drug-likeness (QED) is 0.820. The Morgan fingerprint density at radius 1 is 1.37 bits per heavy atom. The molecule has 1 rings (SSSR count). The van der Waals surface area contributed by atoms with Crippen LogP contribution in [0.5, 0.6) is 11.5 Å². The molecule has 0 saturated carbocycles. The molecular weight excluding hydrogens is 244 g/mol. The maximum atomic E-state index is 11.6. The maximum Gasteiger partial charge on any atom is 0.258 e. The van der Waals surface area contributed by atoms with Gasteiger partial charge in [0.2, 0.25) is 0 Å². The second-order valence-corrected chi connectivity index (χ2v) is 4.70. The molecule has 0 radical (unpaired) electrons. The molecule has 5 heteroatoms. The summed E-state index contributed by atoms with van der Waals surface area (Å²) in [6.45, 7) is 5.63. The van der Waals surface area contributed by atoms with Gasteiger partial charge in [-0.05, 0) is 26.8 Å². The van der Waals surface area contributed by atoms with E-state index < -0.39 is 0 Å². The smallest absolute Gasteiger partial charge is 0.258 e. The molecule has 1 aromatic rings. The monoisotopic (exact) mass is 266 g/mol. The third-order valence-corrected chi connectivity index (χ3v) is 2.52. The van der Waals surface area contributed by atoms with Crippen LogP contribution in [0.1, 0.15) is 32.4 Å². The molecular formula is C14H22N2O3. The Morgan fingerprint density at radius 2 is 2.05 bits per heavy atom. The van der Waals surface area contributed by atoms with Crippen molar-refractivity contribution in [1.82, 2.24) is 5.32 Å². The van der Waals surface area contributed by atoms with Gasteiger partial charge in [-0.2, -0.15) is 0 Å². The number of hydrogen-bond acceptors (Lipinski definition) is 4. The van der Waals surface area contributed by atoms with Gasteiger partial charge in [-0.1, -0.05) is 6.07 Å². The van der Waals surface area contributed by atoms with Crippen molar-refractivity contribution in [3.05, 3.63) is 23.8 Å². The molecule has 106 valence electrons. The number of carbonyl (C=O) groups is 1. The summed E-state index contributed by atoms with van der Waals surface area (Å²) in [5, 5.41) is 2.76. The standard InChI is InChI=1S/C14H22N2O3/c1-9(2)16-14(17)8-19-13-7-11(18-4)5-6-12(13)10(3)15/h5-7,9-10H,8,15H2,1-4H3,(H,16,17). The summed E-state index contributed by atoms with van der Waals surface area (Å²) in [6, 6.07) is 5.32. The van der Waals surface area contributed by atoms with Crippen LogP contribution in [-0.2, 0) is 4.79 Å². The molecule has 0 aliphatic rings. The minimum Gasteiger partial charge on any atom is -0.497 e. The van der Waals surface area contributed by atoms with Crippen molar-refractivity contribution in [3.63, 3.8) is 0 Å². The largest absolute Gasteiger partial charge is 0.497 e. The molecule has 0 bridgehead atoms. The minimum absolute atomic E-state index is 0.0366. The van der Waals surface area contributed by atoms with Crippen molar-refractivity contribution in [2.24, 2.45) is 5.73 Å². The van der Waals surface area contributed by atoms with Crippen LogP contribution in [0.3, 0.4) is 0 Å². The summed E-state index contributed by atoms with van der Waals surface area (Å²) in [5.74, 6) is 1.09. The summed E-state index contributed by atoms with van der Waals surface area (Å²) >= 11 is 0. The molecule has 1 amide bonds. The third-order valence-electron chi connectivity index (χ3n) is 2.52. The molecule has 0 spiro atoms. The lowest BCUT2D eigenvalue weighted by Gasteiger charge is -2.15. The second-order valence-electron chi connectivity index (χ2n) is 4.70. The van der Waals surface area contributed by atoms with Gasteiger partial charge < -0.3 is 20.5 Å². The number of nitrogens with two attached hydrogens (primary N) is 1. The Morgan fingerprint density at radius 3 is 2.58 bits per heavy atom. The highest BCUT2D eigenvalue weighted by molar-refractivity contribution is 5.77. The van der Waals surface area contributed by atoms with Crippen LogP contribution in [0.2, 0.25) is 0 Å². The average molecular weight is 266 g/mol. The van der Waals surface area contributed by atoms with Crippen molar-refractivity contribution >= 4 is 5.91 Å². The molecule has 1 unspecified atom stereocenters. The minimum atomic E-state index is -0.172. The highest BCUT2D eigenvalue weighted by Crippen LogP contribution is 2.28. The Balaban J connectivity index is 2.77. The lowest BCUT2D eigenvalue weighted by Crippen LogP contribution is -2.34. The highest BCUT2D eigenvalue weighted by atomic mass is 16.5. The van der Waals surface area contributed by atoms with Crippen LogP contribution >= 0.6 is 0 Å². The van der Waals surface area contributed by atoms with Crippen LogP contribution < -0.4 is 20.5 Å². The van der Waals surface area contributed by atoms with Gasteiger partial charge in [0, 0.05) is 23.7 Å². The van der Waals surface area contributed by atoms with Crippen LogP contribution in [0, 0.1) is 0 Å². The van der Waals surface area contributed by atoms with Crippen LogP contribution in [0.4, 0.5) is 0 Å². The van der Waals surface area contributed by atoms with Gasteiger partial charge in [-0.25, -0.2) is 0 Å². The van der Waals surface area contributed by atoms with E-state index in [-0.39, 0.29) is 24.6 Å². The average Bonchev–Trinajstić information content (AvgIpc) is 2.34. The number of amides is 1. The third kappa shape index (κ3) is 4.79. The van der Waals surface area contributed by atoms with Crippen LogP contribution in [-0.4, -0.2) is 25.7 Å². The summed E-state index contributed by atoms with van der Waals surface area (Å²) < 4.78 is 10.7. The zero-order valence-electron chi connectivity index (χ0n) is 11.9. The Labute approximate surface area is 114 Å². The topological polar surface area (TPSA) is 73.6 Å². The number of ether oxygens (including phenoxy) is 2. The number of nitrogens with one attached hydrogen (secondary N) is 1. The van der Waals surface area contributed by atoms with E-state index in [1.165, 1.54) is 0 Å². The van der Waals surface area contributed by atoms with Gasteiger partial charge in [-0.3, -0.25) is 4.79 Å². The molecule has 0 fully saturated rings. The summed E-state index contributed by atoms with van der Waals surface area (Å²) in [6.07, 6.45) is 0. The van der Waals surface area contributed by atoms with E-state index in [4.69, 9.17) is 15.2 Å². The molecule has 0 heterocycles. The van der Waals surface area contributed by atoms with Crippen LogP contribution in [0.25, 0.3) is 0 Å². The van der Waals surface area contributed by atoms with Crippen molar-refractivity contribution in [3.8, 4) is 11.5 Å². The first-order chi connectivity index (χ1) is 8.93. The Hall–Kier alpha value is -1.75. The number of methoxy groups -OCH3 is 1. The number of rotatable bonds is 6. The fraction of sp³-hybridized carbons (Fsp3) is 0.500. The van der Waals surface area contributed by atoms with Gasteiger partial charge in [-0.15, -0.1) is 0 Å². The molecule has 0 saturated heterocycles. The lowest BCUT2D eigenvalue weighted by atomic mass is 10.1. The van der Waals surface area contributed by atoms with E-state index in [0.29, 0.717) is 11.5 Å². The number of hydrogen-bond donors (Lipinski definition) is 2. The van der Waals surface area contributed by atoms with E-state index in [0.717, 1.165) is 5.56 Å². The molecule has 0 aliphatic heterocycles. The molecule has 0 aliphatic carbocycles. The SMILES string of the molecule is COc1ccc(C(C)N)c(OCC(=O)NC(C)C)c1. The van der Waals surface area contributed by atoms with Gasteiger partial charge in [0.05, 0.1) is 7.11 Å². The van der Waals surface area contributed by atoms with Crippen LogP contribution in [0.15, 0.2) is 18.2 Å². The second kappa shape index (κ2) is 6.99. The number of carbonyl (C=O) groups excluding carboxylic acids is 1. The van der Waals surface area contributed by atoms with E-state index in [1.54, 1.807) is 13.2 Å². The fourth-order valence-electron chi connectivity index (χ4n) is 1.65. The normalized spacial score (nSPS) is 12.1. The van der Waals surface area contributed by atoms with Crippen molar-refractivity contribution in [2.45, 2.75) is 32.9 Å². The van der Waals surface area contributed by atoms with Gasteiger partial charge in [0.1, 0.15) is 11.5 Å². The summed E-state index contributed by atoms with van der Waals surface area (Å²) in [5.41, 5.74) is 6.72. The fourth-order valence-corrected chi connectivity index (χ4v) is 1.65. The first-order valence-corrected chi connectivity index (χ1v) is 6.29. The first kappa shape index (κ1) is 15.3. The van der Waals surface area contributed by atoms with Crippen molar-refractivity contribution in [2.75, 3.05) is 13.7 Å². The maximum absolute atomic E-state index is 11.6. The van der Waals surface area contributed by atoms with E-state index >= 15 is 0 Å². The molecule has 1 aromatic carbocycles. The zero-order chi connectivity index (χ0) is 14.4. The Kier molecular flexibility index (Phi) is 5.63. The highest BCUT2D eigenvalue weighted by Gasteiger charge is 2.11. The van der Waals surface area contributed by atoms with Gasteiger partial charge in [0.25, 0.3) is 5.91 Å². The summed E-state index contributed by atoms with van der Waals surface area (Å²) in [4.78, 5) is 11.6. The van der Waals surface area contributed by atoms with E-state index in [2.05, 4.69) is 5.32 Å². The predicted octanol–water partition coefficient (Wildman–Crippen LogP) is 1.62. The van der Waals surface area contributed by atoms with Gasteiger partial charge in [0.15, 0.2) is 6.61 Å². The molecule has 1 atom stereocenters. The molecule has 0 aromatic heterocycles. The van der Waals surface area contributed by atoms with Crippen molar-refractivity contribution in [1.29, 1.82) is 0 Å². The first-order valence-electron chi connectivity index (χ1n) is 6.29. The van der Waals surface area contributed by atoms with E-state index in [9.17, 15) is 4.79 Å². The Bertz CT molecular complexity index is 431. The number of benzene rings is 1. The van der Waals surface area contributed by atoms with E-state index in [1.807, 2.05) is 32.9 Å². The molecule has 5 nitrogen and oxygen atoms in total. The molecule has 3 N–H and O–H groups in total. The predicted molar refractivity (Wildman–Crippen MR) is 74.4 cm³/mol. The lowest BCUT2D eigenvalue weighted by molar-refractivity contribution is -0.123. The molecule has 19 heavy (non-hydrogen) atoms.